The van der Waals surface area contributed by atoms with E-state index in [1.807, 2.05) is 54.6 Å². The van der Waals surface area contributed by atoms with Gasteiger partial charge < -0.3 is 9.53 Å². The average molecular weight is 282 g/mol. The molecule has 0 heterocycles. The quantitative estimate of drug-likeness (QED) is 0.670. The van der Waals surface area contributed by atoms with Crippen LogP contribution in [0, 0.1) is 5.92 Å². The van der Waals surface area contributed by atoms with Crippen LogP contribution in [0.15, 0.2) is 54.6 Å². The number of aldehydes is 1. The second-order valence-corrected chi connectivity index (χ2v) is 5.31. The highest BCUT2D eigenvalue weighted by Gasteiger charge is 2.07. The van der Waals surface area contributed by atoms with Gasteiger partial charge in [-0.2, -0.15) is 0 Å². The fourth-order valence-corrected chi connectivity index (χ4v) is 2.35. The summed E-state index contributed by atoms with van der Waals surface area (Å²) in [6.07, 6.45) is 3.89. The molecule has 110 valence electrons. The van der Waals surface area contributed by atoms with Crippen molar-refractivity contribution in [3.05, 3.63) is 65.7 Å². The second-order valence-electron chi connectivity index (χ2n) is 5.31. The number of benzene rings is 2. The van der Waals surface area contributed by atoms with Crippen LogP contribution >= 0.6 is 0 Å². The maximum absolute atomic E-state index is 11.0. The monoisotopic (exact) mass is 282 g/mol. The van der Waals surface area contributed by atoms with Gasteiger partial charge >= 0.3 is 0 Å². The van der Waals surface area contributed by atoms with Crippen molar-refractivity contribution in [1.29, 1.82) is 0 Å². The zero-order valence-corrected chi connectivity index (χ0v) is 12.5. The van der Waals surface area contributed by atoms with Gasteiger partial charge in [0.1, 0.15) is 18.6 Å². The van der Waals surface area contributed by atoms with Gasteiger partial charge in [0, 0.05) is 5.92 Å². The molecule has 21 heavy (non-hydrogen) atoms. The van der Waals surface area contributed by atoms with Crippen molar-refractivity contribution < 1.29 is 9.53 Å². The number of hydrogen-bond acceptors (Lipinski definition) is 2. The molecule has 0 radical (unpaired) electrons. The molecule has 2 heteroatoms. The summed E-state index contributed by atoms with van der Waals surface area (Å²) >= 11 is 0. The molecule has 2 rings (SSSR count). The van der Waals surface area contributed by atoms with Crippen LogP contribution in [0.1, 0.15) is 30.9 Å². The Morgan fingerprint density at radius 1 is 1.00 bits per heavy atom. The Labute approximate surface area is 126 Å². The maximum Gasteiger partial charge on any atom is 0.123 e. The van der Waals surface area contributed by atoms with E-state index in [9.17, 15) is 4.79 Å². The zero-order chi connectivity index (χ0) is 14.9. The molecular weight excluding hydrogens is 260 g/mol. The van der Waals surface area contributed by atoms with Crippen LogP contribution in [0.4, 0.5) is 0 Å². The summed E-state index contributed by atoms with van der Waals surface area (Å²) in [5.74, 6) is 0.992. The molecule has 0 bridgehead atoms. The standard InChI is InChI=1S/C19H22O2/c1-2-6-18(14-20)13-16-9-11-19(12-10-16)21-15-17-7-4-3-5-8-17/h3-5,7-12,14,18H,2,6,13,15H2,1H3/t18-/m0/s1. The highest BCUT2D eigenvalue weighted by atomic mass is 16.5. The molecule has 2 aromatic rings. The highest BCUT2D eigenvalue weighted by molar-refractivity contribution is 5.54. The zero-order valence-electron chi connectivity index (χ0n) is 12.5. The van der Waals surface area contributed by atoms with Gasteiger partial charge in [0.15, 0.2) is 0 Å². The van der Waals surface area contributed by atoms with E-state index in [0.717, 1.165) is 36.9 Å². The molecule has 0 amide bonds. The minimum absolute atomic E-state index is 0.131. The van der Waals surface area contributed by atoms with Gasteiger partial charge in [-0.05, 0) is 36.1 Å². The van der Waals surface area contributed by atoms with Gasteiger partial charge in [0.2, 0.25) is 0 Å². The molecule has 0 N–H and O–H groups in total. The van der Waals surface area contributed by atoms with Gasteiger partial charge in [-0.25, -0.2) is 0 Å². The van der Waals surface area contributed by atoms with Crippen molar-refractivity contribution >= 4 is 6.29 Å². The fourth-order valence-electron chi connectivity index (χ4n) is 2.35. The molecular formula is C19H22O2. The Morgan fingerprint density at radius 2 is 1.71 bits per heavy atom. The van der Waals surface area contributed by atoms with Crippen LogP contribution in [0.5, 0.6) is 5.75 Å². The third-order valence-electron chi connectivity index (χ3n) is 3.52. The Morgan fingerprint density at radius 3 is 2.33 bits per heavy atom. The topological polar surface area (TPSA) is 26.3 Å². The molecule has 2 nitrogen and oxygen atoms in total. The highest BCUT2D eigenvalue weighted by Crippen LogP contribution is 2.17. The lowest BCUT2D eigenvalue weighted by Crippen LogP contribution is -2.05. The Hall–Kier alpha value is -2.09. The van der Waals surface area contributed by atoms with Crippen LogP contribution in [-0.2, 0) is 17.8 Å². The minimum atomic E-state index is 0.131. The molecule has 0 aromatic heterocycles. The van der Waals surface area contributed by atoms with Gasteiger partial charge in [-0.1, -0.05) is 55.8 Å². The molecule has 0 spiro atoms. The summed E-state index contributed by atoms with van der Waals surface area (Å²) in [7, 11) is 0. The average Bonchev–Trinajstić information content (AvgIpc) is 2.54. The molecule has 0 aliphatic rings. The summed E-state index contributed by atoms with van der Waals surface area (Å²) < 4.78 is 5.76. The van der Waals surface area contributed by atoms with Crippen molar-refractivity contribution in [2.24, 2.45) is 5.92 Å². The van der Waals surface area contributed by atoms with E-state index in [4.69, 9.17) is 4.74 Å². The van der Waals surface area contributed by atoms with E-state index in [2.05, 4.69) is 6.92 Å². The van der Waals surface area contributed by atoms with E-state index < -0.39 is 0 Å². The fraction of sp³-hybridized carbons (Fsp3) is 0.316. The first-order chi connectivity index (χ1) is 10.3. The first-order valence-corrected chi connectivity index (χ1v) is 7.52. The molecule has 0 saturated carbocycles. The SMILES string of the molecule is CCC[C@H](C=O)Cc1ccc(OCc2ccccc2)cc1. The third kappa shape index (κ3) is 5.07. The summed E-state index contributed by atoms with van der Waals surface area (Å²) in [5.41, 5.74) is 2.35. The van der Waals surface area contributed by atoms with Crippen molar-refractivity contribution in [3.8, 4) is 5.75 Å². The van der Waals surface area contributed by atoms with E-state index in [0.29, 0.717) is 6.61 Å². The van der Waals surface area contributed by atoms with E-state index in [1.165, 1.54) is 5.56 Å². The summed E-state index contributed by atoms with van der Waals surface area (Å²) in [6, 6.07) is 18.2. The summed E-state index contributed by atoms with van der Waals surface area (Å²) in [4.78, 5) is 11.0. The summed E-state index contributed by atoms with van der Waals surface area (Å²) in [5, 5.41) is 0. The second kappa shape index (κ2) is 8.25. The van der Waals surface area contributed by atoms with Gasteiger partial charge in [0.25, 0.3) is 0 Å². The first kappa shape index (κ1) is 15.3. The van der Waals surface area contributed by atoms with E-state index in [1.54, 1.807) is 0 Å². The molecule has 0 aliphatic heterocycles. The van der Waals surface area contributed by atoms with Crippen molar-refractivity contribution in [1.82, 2.24) is 0 Å². The Kier molecular flexibility index (Phi) is 6.01. The maximum atomic E-state index is 11.0. The minimum Gasteiger partial charge on any atom is -0.489 e. The summed E-state index contributed by atoms with van der Waals surface area (Å²) in [6.45, 7) is 2.68. The van der Waals surface area contributed by atoms with Gasteiger partial charge in [0.05, 0.1) is 0 Å². The Balaban J connectivity index is 1.88. The van der Waals surface area contributed by atoms with E-state index in [-0.39, 0.29) is 5.92 Å². The molecule has 2 aromatic carbocycles. The largest absolute Gasteiger partial charge is 0.489 e. The molecule has 0 unspecified atom stereocenters. The molecule has 0 fully saturated rings. The molecule has 0 aliphatic carbocycles. The van der Waals surface area contributed by atoms with Crippen molar-refractivity contribution in [2.75, 3.05) is 0 Å². The van der Waals surface area contributed by atoms with Gasteiger partial charge in [-0.3, -0.25) is 0 Å². The smallest absolute Gasteiger partial charge is 0.123 e. The van der Waals surface area contributed by atoms with Crippen LogP contribution in [0.3, 0.4) is 0 Å². The number of carbonyl (C=O) groups is 1. The lowest BCUT2D eigenvalue weighted by molar-refractivity contribution is -0.111. The number of hydrogen-bond donors (Lipinski definition) is 0. The predicted molar refractivity (Wildman–Crippen MR) is 85.4 cm³/mol. The van der Waals surface area contributed by atoms with Gasteiger partial charge in [-0.15, -0.1) is 0 Å². The van der Waals surface area contributed by atoms with Crippen LogP contribution in [0.2, 0.25) is 0 Å². The predicted octanol–water partition coefficient (Wildman–Crippen LogP) is 4.42. The number of ether oxygens (including phenoxy) is 1. The normalized spacial score (nSPS) is 11.9. The lowest BCUT2D eigenvalue weighted by Gasteiger charge is -2.10. The van der Waals surface area contributed by atoms with Crippen LogP contribution in [-0.4, -0.2) is 6.29 Å². The van der Waals surface area contributed by atoms with Crippen molar-refractivity contribution in [3.63, 3.8) is 0 Å². The molecule has 1 atom stereocenters. The van der Waals surface area contributed by atoms with Crippen LogP contribution in [0.25, 0.3) is 0 Å². The Bertz CT molecular complexity index is 531. The van der Waals surface area contributed by atoms with E-state index >= 15 is 0 Å². The first-order valence-electron chi connectivity index (χ1n) is 7.52. The number of carbonyl (C=O) groups excluding carboxylic acids is 1. The lowest BCUT2D eigenvalue weighted by atomic mass is 9.96. The van der Waals surface area contributed by atoms with Crippen LogP contribution < -0.4 is 4.74 Å². The third-order valence-corrected chi connectivity index (χ3v) is 3.52. The number of rotatable bonds is 8. The molecule has 0 saturated heterocycles. The van der Waals surface area contributed by atoms with Crippen molar-refractivity contribution in [2.45, 2.75) is 32.8 Å².